The number of hydrogen-bond donors (Lipinski definition) is 1. The summed E-state index contributed by atoms with van der Waals surface area (Å²) in [5.74, 6) is 1.26. The predicted octanol–water partition coefficient (Wildman–Crippen LogP) is 4.79. The monoisotopic (exact) mass is 354 g/mol. The predicted molar refractivity (Wildman–Crippen MR) is 85.4 cm³/mol. The standard InChI is InChI=1S/C15H16BrClN2O/c1-10(2)18-9-12-4-3-5-15(19-12)20-14-7-6-11(17)8-13(14)16/h3-8,10,18H,9H2,1-2H3. The fourth-order valence-corrected chi connectivity index (χ4v) is 2.36. The molecule has 20 heavy (non-hydrogen) atoms. The molecule has 0 saturated heterocycles. The summed E-state index contributed by atoms with van der Waals surface area (Å²) < 4.78 is 6.57. The summed E-state index contributed by atoms with van der Waals surface area (Å²) >= 11 is 9.33. The molecule has 0 radical (unpaired) electrons. The van der Waals surface area contributed by atoms with Crippen LogP contribution in [0.3, 0.4) is 0 Å². The van der Waals surface area contributed by atoms with Gasteiger partial charge in [0.2, 0.25) is 5.88 Å². The normalized spacial score (nSPS) is 10.8. The third kappa shape index (κ3) is 4.47. The average Bonchev–Trinajstić information content (AvgIpc) is 2.40. The van der Waals surface area contributed by atoms with Crippen molar-refractivity contribution >= 4 is 27.5 Å². The molecule has 0 atom stereocenters. The van der Waals surface area contributed by atoms with Gasteiger partial charge in [-0.1, -0.05) is 31.5 Å². The largest absolute Gasteiger partial charge is 0.438 e. The molecule has 0 aliphatic rings. The number of halogens is 2. The zero-order chi connectivity index (χ0) is 14.5. The Labute approximate surface area is 132 Å². The van der Waals surface area contributed by atoms with Crippen LogP contribution in [0.4, 0.5) is 0 Å². The molecule has 0 amide bonds. The average molecular weight is 356 g/mol. The molecule has 1 aromatic heterocycles. The van der Waals surface area contributed by atoms with Crippen molar-refractivity contribution in [1.29, 1.82) is 0 Å². The fraction of sp³-hybridized carbons (Fsp3) is 0.267. The number of hydrogen-bond acceptors (Lipinski definition) is 3. The summed E-state index contributed by atoms with van der Waals surface area (Å²) in [5, 5.41) is 3.99. The summed E-state index contributed by atoms with van der Waals surface area (Å²) in [7, 11) is 0. The highest BCUT2D eigenvalue weighted by molar-refractivity contribution is 9.10. The first kappa shape index (κ1) is 15.3. The highest BCUT2D eigenvalue weighted by Gasteiger charge is 2.05. The van der Waals surface area contributed by atoms with E-state index in [9.17, 15) is 0 Å². The van der Waals surface area contributed by atoms with E-state index < -0.39 is 0 Å². The Bertz CT molecular complexity index is 590. The molecule has 0 saturated carbocycles. The zero-order valence-electron chi connectivity index (χ0n) is 11.4. The summed E-state index contributed by atoms with van der Waals surface area (Å²) in [6.07, 6.45) is 0. The van der Waals surface area contributed by atoms with Gasteiger partial charge in [0.15, 0.2) is 0 Å². The van der Waals surface area contributed by atoms with Gasteiger partial charge in [0, 0.05) is 23.7 Å². The van der Waals surface area contributed by atoms with Crippen LogP contribution < -0.4 is 10.1 Å². The summed E-state index contributed by atoms with van der Waals surface area (Å²) in [4.78, 5) is 4.46. The van der Waals surface area contributed by atoms with Crippen LogP contribution in [0.1, 0.15) is 19.5 Å². The zero-order valence-corrected chi connectivity index (χ0v) is 13.7. The van der Waals surface area contributed by atoms with Crippen LogP contribution in [0.25, 0.3) is 0 Å². The van der Waals surface area contributed by atoms with Gasteiger partial charge in [0.05, 0.1) is 10.2 Å². The number of aromatic nitrogens is 1. The van der Waals surface area contributed by atoms with Gasteiger partial charge in [0.25, 0.3) is 0 Å². The van der Waals surface area contributed by atoms with E-state index in [2.05, 4.69) is 40.1 Å². The van der Waals surface area contributed by atoms with Crippen molar-refractivity contribution in [2.75, 3.05) is 0 Å². The van der Waals surface area contributed by atoms with E-state index in [0.29, 0.717) is 22.7 Å². The lowest BCUT2D eigenvalue weighted by Gasteiger charge is -2.10. The Hall–Kier alpha value is -1.10. The van der Waals surface area contributed by atoms with E-state index in [4.69, 9.17) is 16.3 Å². The third-order valence-electron chi connectivity index (χ3n) is 2.58. The quantitative estimate of drug-likeness (QED) is 0.837. The first-order valence-corrected chi connectivity index (χ1v) is 7.54. The Morgan fingerprint density at radius 3 is 2.80 bits per heavy atom. The van der Waals surface area contributed by atoms with Crippen LogP contribution in [0.15, 0.2) is 40.9 Å². The van der Waals surface area contributed by atoms with Gasteiger partial charge < -0.3 is 10.1 Å². The molecule has 1 N–H and O–H groups in total. The van der Waals surface area contributed by atoms with Crippen LogP contribution >= 0.6 is 27.5 Å². The number of rotatable bonds is 5. The molecule has 0 aliphatic carbocycles. The first-order valence-electron chi connectivity index (χ1n) is 6.37. The van der Waals surface area contributed by atoms with E-state index in [0.717, 1.165) is 16.7 Å². The molecule has 0 aliphatic heterocycles. The molecular weight excluding hydrogens is 340 g/mol. The second-order valence-corrected chi connectivity index (χ2v) is 5.97. The van der Waals surface area contributed by atoms with Crippen LogP contribution in [-0.4, -0.2) is 11.0 Å². The van der Waals surface area contributed by atoms with Gasteiger partial charge >= 0.3 is 0 Å². The first-order chi connectivity index (χ1) is 9.54. The molecule has 0 bridgehead atoms. The van der Waals surface area contributed by atoms with Gasteiger partial charge in [-0.15, -0.1) is 0 Å². The van der Waals surface area contributed by atoms with Crippen LogP contribution in [0, 0.1) is 0 Å². The second-order valence-electron chi connectivity index (χ2n) is 4.68. The topological polar surface area (TPSA) is 34.1 Å². The molecule has 2 rings (SSSR count). The lowest BCUT2D eigenvalue weighted by molar-refractivity contribution is 0.455. The Morgan fingerprint density at radius 1 is 1.30 bits per heavy atom. The Morgan fingerprint density at radius 2 is 2.10 bits per heavy atom. The maximum atomic E-state index is 5.91. The molecule has 0 unspecified atom stereocenters. The minimum Gasteiger partial charge on any atom is -0.438 e. The van der Waals surface area contributed by atoms with E-state index >= 15 is 0 Å². The lowest BCUT2D eigenvalue weighted by atomic mass is 10.3. The maximum absolute atomic E-state index is 5.91. The molecule has 1 heterocycles. The molecule has 3 nitrogen and oxygen atoms in total. The van der Waals surface area contributed by atoms with Crippen molar-refractivity contribution in [2.45, 2.75) is 26.4 Å². The lowest BCUT2D eigenvalue weighted by Crippen LogP contribution is -2.22. The smallest absolute Gasteiger partial charge is 0.219 e. The number of ether oxygens (including phenoxy) is 1. The molecule has 0 fully saturated rings. The minimum absolute atomic E-state index is 0.423. The van der Waals surface area contributed by atoms with Crippen molar-refractivity contribution in [3.8, 4) is 11.6 Å². The number of pyridine rings is 1. The number of nitrogens with zero attached hydrogens (tertiary/aromatic N) is 1. The van der Waals surface area contributed by atoms with Crippen molar-refractivity contribution in [1.82, 2.24) is 10.3 Å². The molecular formula is C15H16BrClN2O. The van der Waals surface area contributed by atoms with Crippen LogP contribution in [-0.2, 0) is 6.54 Å². The van der Waals surface area contributed by atoms with Crippen molar-refractivity contribution < 1.29 is 4.74 Å². The van der Waals surface area contributed by atoms with Gasteiger partial charge in [-0.25, -0.2) is 4.98 Å². The maximum Gasteiger partial charge on any atom is 0.219 e. The van der Waals surface area contributed by atoms with Crippen LogP contribution in [0.2, 0.25) is 5.02 Å². The van der Waals surface area contributed by atoms with E-state index in [1.807, 2.05) is 24.3 Å². The van der Waals surface area contributed by atoms with Gasteiger partial charge in [0.1, 0.15) is 5.75 Å². The third-order valence-corrected chi connectivity index (χ3v) is 3.44. The summed E-state index contributed by atoms with van der Waals surface area (Å²) in [5.41, 5.74) is 0.946. The number of benzene rings is 1. The van der Waals surface area contributed by atoms with Gasteiger partial charge in [-0.3, -0.25) is 0 Å². The van der Waals surface area contributed by atoms with Gasteiger partial charge in [-0.2, -0.15) is 0 Å². The summed E-state index contributed by atoms with van der Waals surface area (Å²) in [6, 6.07) is 11.6. The Balaban J connectivity index is 2.11. The van der Waals surface area contributed by atoms with Crippen molar-refractivity contribution in [3.05, 3.63) is 51.6 Å². The molecule has 2 aromatic rings. The SMILES string of the molecule is CC(C)NCc1cccc(Oc2ccc(Cl)cc2Br)n1. The highest BCUT2D eigenvalue weighted by atomic mass is 79.9. The molecule has 5 heteroatoms. The summed E-state index contributed by atoms with van der Waals surface area (Å²) in [6.45, 7) is 4.92. The van der Waals surface area contributed by atoms with Gasteiger partial charge in [-0.05, 0) is 40.2 Å². The molecule has 1 aromatic carbocycles. The van der Waals surface area contributed by atoms with Crippen LogP contribution in [0.5, 0.6) is 11.6 Å². The van der Waals surface area contributed by atoms with Crippen molar-refractivity contribution in [3.63, 3.8) is 0 Å². The number of nitrogens with one attached hydrogen (secondary N) is 1. The molecule has 106 valence electrons. The van der Waals surface area contributed by atoms with E-state index in [1.54, 1.807) is 12.1 Å². The minimum atomic E-state index is 0.423. The van der Waals surface area contributed by atoms with E-state index in [-0.39, 0.29) is 0 Å². The Kier molecular flexibility index (Phi) is 5.40. The van der Waals surface area contributed by atoms with Crippen molar-refractivity contribution in [2.24, 2.45) is 0 Å². The van der Waals surface area contributed by atoms with E-state index in [1.165, 1.54) is 0 Å². The fourth-order valence-electron chi connectivity index (χ4n) is 1.59. The molecule has 0 spiro atoms. The highest BCUT2D eigenvalue weighted by Crippen LogP contribution is 2.31. The second kappa shape index (κ2) is 7.07.